The third-order valence-electron chi connectivity index (χ3n) is 4.90. The quantitative estimate of drug-likeness (QED) is 0.285. The summed E-state index contributed by atoms with van der Waals surface area (Å²) in [5.74, 6) is 0.682. The van der Waals surface area contributed by atoms with Gasteiger partial charge in [-0.1, -0.05) is 41.2 Å². The van der Waals surface area contributed by atoms with Gasteiger partial charge < -0.3 is 8.97 Å². The van der Waals surface area contributed by atoms with Gasteiger partial charge >= 0.3 is 0 Å². The fourth-order valence-corrected chi connectivity index (χ4v) is 4.62. The first-order valence-electron chi connectivity index (χ1n) is 9.50. The van der Waals surface area contributed by atoms with E-state index >= 15 is 0 Å². The van der Waals surface area contributed by atoms with Crippen LogP contribution in [0.3, 0.4) is 0 Å². The predicted molar refractivity (Wildman–Crippen MR) is 120 cm³/mol. The maximum atomic E-state index is 10.4. The van der Waals surface area contributed by atoms with Crippen molar-refractivity contribution in [2.45, 2.75) is 18.7 Å². The second kappa shape index (κ2) is 8.22. The van der Waals surface area contributed by atoms with Crippen LogP contribution in [0.5, 0.6) is 0 Å². The van der Waals surface area contributed by atoms with Crippen LogP contribution >= 0.6 is 11.3 Å². The second-order valence-corrected chi connectivity index (χ2v) is 9.73. The SMILES string of the molecule is Cc1ccc(S(=O)(=O)[O-])cc1.Cc1sc2cc(-c3nc4ccccc4o3)ccc2[n+]1C. The van der Waals surface area contributed by atoms with Crippen molar-refractivity contribution in [2.24, 2.45) is 7.05 Å². The summed E-state index contributed by atoms with van der Waals surface area (Å²) in [6, 6.07) is 20.0. The van der Waals surface area contributed by atoms with Gasteiger partial charge in [-0.05, 0) is 43.3 Å². The smallest absolute Gasteiger partial charge is 0.234 e. The maximum absolute atomic E-state index is 10.4. The third kappa shape index (κ3) is 4.51. The first-order chi connectivity index (χ1) is 14.7. The van der Waals surface area contributed by atoms with Crippen molar-refractivity contribution in [3.8, 4) is 11.5 Å². The van der Waals surface area contributed by atoms with Gasteiger partial charge in [-0.2, -0.15) is 4.57 Å². The molecule has 0 atom stereocenters. The summed E-state index contributed by atoms with van der Waals surface area (Å²) in [6.45, 7) is 3.95. The monoisotopic (exact) mass is 452 g/mol. The molecule has 0 saturated carbocycles. The molecule has 5 rings (SSSR count). The zero-order valence-electron chi connectivity index (χ0n) is 17.2. The van der Waals surface area contributed by atoms with E-state index in [1.165, 1.54) is 27.4 Å². The Morgan fingerprint density at radius 3 is 2.39 bits per heavy atom. The van der Waals surface area contributed by atoms with Crippen LogP contribution in [0.25, 0.3) is 32.8 Å². The number of nitrogens with zero attached hydrogens (tertiary/aromatic N) is 2. The van der Waals surface area contributed by atoms with Gasteiger partial charge in [0, 0.05) is 18.6 Å². The van der Waals surface area contributed by atoms with E-state index in [9.17, 15) is 13.0 Å². The van der Waals surface area contributed by atoms with E-state index in [0.717, 1.165) is 22.2 Å². The standard InChI is InChI=1S/C16H13N2OS.C7H8O3S/c1-10-18(2)13-8-7-11(9-15(13)20-10)16-17-12-5-3-4-6-14(12)19-16;1-6-2-4-7(5-3-6)11(8,9)10/h3-9H,1-2H3;2-5H,1H3,(H,8,9,10)/q+1;/p-1. The molecule has 0 bridgehead atoms. The first-order valence-corrected chi connectivity index (χ1v) is 11.7. The summed E-state index contributed by atoms with van der Waals surface area (Å²) in [5, 5.41) is 1.29. The molecule has 158 valence electrons. The zero-order valence-corrected chi connectivity index (χ0v) is 18.8. The van der Waals surface area contributed by atoms with Crippen LogP contribution in [0.15, 0.2) is 76.0 Å². The van der Waals surface area contributed by atoms with Crippen molar-refractivity contribution in [1.82, 2.24) is 4.98 Å². The van der Waals surface area contributed by atoms with Gasteiger partial charge in [-0.25, -0.2) is 13.4 Å². The van der Waals surface area contributed by atoms with E-state index in [2.05, 4.69) is 41.7 Å². The molecule has 0 radical (unpaired) electrons. The number of thiazole rings is 1. The van der Waals surface area contributed by atoms with Crippen LogP contribution in [-0.2, 0) is 17.2 Å². The maximum Gasteiger partial charge on any atom is 0.234 e. The molecular formula is C23H20N2O4S2. The molecule has 0 saturated heterocycles. The van der Waals surface area contributed by atoms with Crippen molar-refractivity contribution in [1.29, 1.82) is 0 Å². The average molecular weight is 453 g/mol. The Bertz CT molecular complexity index is 1450. The van der Waals surface area contributed by atoms with Crippen molar-refractivity contribution in [2.75, 3.05) is 0 Å². The van der Waals surface area contributed by atoms with Crippen molar-refractivity contribution < 1.29 is 22.0 Å². The normalized spacial score (nSPS) is 11.5. The number of aromatic nitrogens is 2. The highest BCUT2D eigenvalue weighted by atomic mass is 32.2. The van der Waals surface area contributed by atoms with Crippen molar-refractivity contribution in [3.05, 3.63) is 77.3 Å². The summed E-state index contributed by atoms with van der Waals surface area (Å²) < 4.78 is 40.5. The number of hydrogen-bond donors (Lipinski definition) is 0. The van der Waals surface area contributed by atoms with Crippen LogP contribution in [0.1, 0.15) is 10.6 Å². The van der Waals surface area contributed by atoms with Gasteiger partial charge in [0.15, 0.2) is 5.58 Å². The minimum atomic E-state index is -4.27. The Hall–Kier alpha value is -3.07. The number of aryl methyl sites for hydroxylation is 3. The van der Waals surface area contributed by atoms with Gasteiger partial charge in [0.25, 0.3) is 0 Å². The van der Waals surface area contributed by atoms with Crippen LogP contribution < -0.4 is 4.57 Å². The highest BCUT2D eigenvalue weighted by molar-refractivity contribution is 7.85. The van der Waals surface area contributed by atoms with E-state index in [1.54, 1.807) is 23.5 Å². The molecular weight excluding hydrogens is 432 g/mol. The molecule has 0 fully saturated rings. The molecule has 0 aliphatic rings. The minimum Gasteiger partial charge on any atom is -0.744 e. The number of rotatable bonds is 2. The van der Waals surface area contributed by atoms with Gasteiger partial charge in [-0.3, -0.25) is 0 Å². The molecule has 2 aromatic heterocycles. The second-order valence-electron chi connectivity index (χ2n) is 7.12. The van der Waals surface area contributed by atoms with E-state index in [1.807, 2.05) is 31.2 Å². The van der Waals surface area contributed by atoms with Gasteiger partial charge in [0.1, 0.15) is 27.4 Å². The topological polar surface area (TPSA) is 87.1 Å². The molecule has 3 aromatic carbocycles. The van der Waals surface area contributed by atoms with Crippen LogP contribution in [-0.4, -0.2) is 18.0 Å². The largest absolute Gasteiger partial charge is 0.744 e. The molecule has 0 N–H and O–H groups in total. The predicted octanol–water partition coefficient (Wildman–Crippen LogP) is 4.74. The summed E-state index contributed by atoms with van der Waals surface area (Å²) in [6.07, 6.45) is 0. The summed E-state index contributed by atoms with van der Waals surface area (Å²) in [4.78, 5) is 4.37. The number of benzene rings is 3. The Labute approximate surface area is 184 Å². The molecule has 0 spiro atoms. The average Bonchev–Trinajstić information content (AvgIpc) is 3.29. The minimum absolute atomic E-state index is 0.178. The fourth-order valence-electron chi connectivity index (χ4n) is 3.10. The molecule has 6 nitrogen and oxygen atoms in total. The Kier molecular flexibility index (Phi) is 5.62. The Balaban J connectivity index is 0.000000180. The molecule has 31 heavy (non-hydrogen) atoms. The van der Waals surface area contributed by atoms with E-state index in [0.29, 0.717) is 5.89 Å². The van der Waals surface area contributed by atoms with Crippen molar-refractivity contribution in [3.63, 3.8) is 0 Å². The molecule has 2 heterocycles. The van der Waals surface area contributed by atoms with E-state index in [4.69, 9.17) is 4.42 Å². The Morgan fingerprint density at radius 2 is 1.71 bits per heavy atom. The van der Waals surface area contributed by atoms with Crippen LogP contribution in [0, 0.1) is 13.8 Å². The van der Waals surface area contributed by atoms with Gasteiger partial charge in [0.05, 0.1) is 4.90 Å². The number of fused-ring (bicyclic) bond motifs is 2. The summed E-state index contributed by atoms with van der Waals surface area (Å²) >= 11 is 1.79. The first kappa shape index (κ1) is 21.2. The Morgan fingerprint density at radius 1 is 1.00 bits per heavy atom. The molecule has 0 aliphatic carbocycles. The zero-order chi connectivity index (χ0) is 22.2. The molecule has 8 heteroatoms. The lowest BCUT2D eigenvalue weighted by molar-refractivity contribution is -0.646. The fraction of sp³-hybridized carbons (Fsp3) is 0.130. The molecule has 0 amide bonds. The van der Waals surface area contributed by atoms with E-state index < -0.39 is 10.1 Å². The lowest BCUT2D eigenvalue weighted by atomic mass is 10.2. The highest BCUT2D eigenvalue weighted by Crippen LogP contribution is 2.28. The number of oxazole rings is 1. The van der Waals surface area contributed by atoms with E-state index in [-0.39, 0.29) is 4.90 Å². The van der Waals surface area contributed by atoms with Gasteiger partial charge in [0.2, 0.25) is 16.4 Å². The third-order valence-corrected chi connectivity index (χ3v) is 6.87. The molecule has 0 unspecified atom stereocenters. The van der Waals surface area contributed by atoms with Crippen LogP contribution in [0.4, 0.5) is 0 Å². The van der Waals surface area contributed by atoms with Crippen molar-refractivity contribution >= 4 is 42.8 Å². The summed E-state index contributed by atoms with van der Waals surface area (Å²) in [7, 11) is -2.18. The lowest BCUT2D eigenvalue weighted by Gasteiger charge is -2.05. The highest BCUT2D eigenvalue weighted by Gasteiger charge is 2.15. The number of para-hydroxylation sites is 2. The molecule has 0 aliphatic heterocycles. The lowest BCUT2D eigenvalue weighted by Crippen LogP contribution is -2.28. The molecule has 5 aromatic rings. The summed E-state index contributed by atoms with van der Waals surface area (Å²) in [5.41, 5.74) is 4.92. The van der Waals surface area contributed by atoms with Gasteiger partial charge in [-0.15, -0.1) is 0 Å². The van der Waals surface area contributed by atoms with Crippen LogP contribution in [0.2, 0.25) is 0 Å². The number of hydrogen-bond acceptors (Lipinski definition) is 6.